The summed E-state index contributed by atoms with van der Waals surface area (Å²) < 4.78 is 1.89. The molecule has 0 saturated heterocycles. The van der Waals surface area contributed by atoms with Crippen molar-refractivity contribution in [3.8, 4) is 0 Å². The van der Waals surface area contributed by atoms with Gasteiger partial charge in [0.15, 0.2) is 5.69 Å². The Labute approximate surface area is 111 Å². The van der Waals surface area contributed by atoms with E-state index in [-0.39, 0.29) is 12.1 Å². The molecule has 104 valence electrons. The lowest BCUT2D eigenvalue weighted by atomic mass is 9.89. The van der Waals surface area contributed by atoms with E-state index in [1.165, 1.54) is 0 Å². The molecule has 0 aromatic carbocycles. The fraction of sp³-hybridized carbons (Fsp3) is 0.615. The van der Waals surface area contributed by atoms with Crippen LogP contribution in [0.5, 0.6) is 0 Å². The molecule has 1 aromatic heterocycles. The second kappa shape index (κ2) is 4.68. The summed E-state index contributed by atoms with van der Waals surface area (Å²) >= 11 is 0. The van der Waals surface area contributed by atoms with Gasteiger partial charge in [-0.25, -0.2) is 9.78 Å². The van der Waals surface area contributed by atoms with Crippen molar-refractivity contribution in [2.75, 3.05) is 0 Å². The molecule has 6 heteroatoms. The van der Waals surface area contributed by atoms with E-state index in [2.05, 4.69) is 4.98 Å². The van der Waals surface area contributed by atoms with E-state index in [9.17, 15) is 9.59 Å². The van der Waals surface area contributed by atoms with Crippen LogP contribution >= 0.6 is 0 Å². The van der Waals surface area contributed by atoms with Gasteiger partial charge in [-0.15, -0.1) is 0 Å². The van der Waals surface area contributed by atoms with Crippen LogP contribution in [0.25, 0.3) is 0 Å². The molecule has 0 amide bonds. The molecule has 1 aromatic rings. The van der Waals surface area contributed by atoms with Gasteiger partial charge in [0, 0.05) is 13.0 Å². The number of aliphatic carboxylic acids is 1. The highest BCUT2D eigenvalue weighted by molar-refractivity contribution is 5.87. The smallest absolute Gasteiger partial charge is 0.356 e. The molecule has 0 saturated carbocycles. The quantitative estimate of drug-likeness (QED) is 0.863. The Hall–Kier alpha value is -1.85. The number of carboxylic acids is 2. The minimum Gasteiger partial charge on any atom is -0.481 e. The average Bonchev–Trinajstić information content (AvgIpc) is 2.68. The number of aromatic carboxylic acids is 1. The topological polar surface area (TPSA) is 92.4 Å². The zero-order valence-electron chi connectivity index (χ0n) is 11.1. The maximum Gasteiger partial charge on any atom is 0.356 e. The summed E-state index contributed by atoms with van der Waals surface area (Å²) in [6, 6.07) is 0. The number of fused-ring (bicyclic) bond motifs is 1. The van der Waals surface area contributed by atoms with Crippen LogP contribution in [-0.4, -0.2) is 31.7 Å². The third-order valence-corrected chi connectivity index (χ3v) is 3.58. The zero-order valence-corrected chi connectivity index (χ0v) is 11.1. The van der Waals surface area contributed by atoms with Gasteiger partial charge in [-0.05, 0) is 33.1 Å². The van der Waals surface area contributed by atoms with Crippen molar-refractivity contribution < 1.29 is 19.8 Å². The summed E-state index contributed by atoms with van der Waals surface area (Å²) in [4.78, 5) is 26.5. The molecule has 0 radical (unpaired) electrons. The molecule has 19 heavy (non-hydrogen) atoms. The van der Waals surface area contributed by atoms with Gasteiger partial charge < -0.3 is 14.8 Å². The summed E-state index contributed by atoms with van der Waals surface area (Å²) in [5.41, 5.74) is -0.138. The monoisotopic (exact) mass is 266 g/mol. The Balaban J connectivity index is 2.41. The molecule has 0 unspecified atom stereocenters. The molecule has 0 spiro atoms. The number of carboxylic acid groups (broad SMARTS) is 2. The predicted molar refractivity (Wildman–Crippen MR) is 67.2 cm³/mol. The number of rotatable bonds is 4. The molecule has 2 rings (SSSR count). The second-order valence-corrected chi connectivity index (χ2v) is 5.60. The summed E-state index contributed by atoms with van der Waals surface area (Å²) in [6.07, 6.45) is 2.86. The highest BCUT2D eigenvalue weighted by Gasteiger charge is 2.32. The number of hydrogen-bond acceptors (Lipinski definition) is 3. The van der Waals surface area contributed by atoms with E-state index in [0.29, 0.717) is 12.2 Å². The van der Waals surface area contributed by atoms with Crippen LogP contribution in [0.1, 0.15) is 48.7 Å². The summed E-state index contributed by atoms with van der Waals surface area (Å²) in [5.74, 6) is -1.37. The largest absolute Gasteiger partial charge is 0.481 e. The molecule has 1 aliphatic rings. The van der Waals surface area contributed by atoms with Crippen LogP contribution in [0.4, 0.5) is 0 Å². The van der Waals surface area contributed by atoms with Gasteiger partial charge in [0.2, 0.25) is 0 Å². The minimum atomic E-state index is -1.04. The Morgan fingerprint density at radius 1 is 1.32 bits per heavy atom. The standard InChI is InChI=1S/C13H18N2O4/c1-13(2,12(18)19)7-9-14-10(11(16)17)8-5-3-4-6-15(8)9/h3-7H2,1-2H3,(H,16,17)(H,18,19). The molecule has 2 heterocycles. The molecule has 0 atom stereocenters. The lowest BCUT2D eigenvalue weighted by Gasteiger charge is -2.21. The van der Waals surface area contributed by atoms with Crippen LogP contribution in [0.3, 0.4) is 0 Å². The molecule has 2 N–H and O–H groups in total. The third-order valence-electron chi connectivity index (χ3n) is 3.58. The van der Waals surface area contributed by atoms with E-state index in [1.807, 2.05) is 4.57 Å². The lowest BCUT2D eigenvalue weighted by Crippen LogP contribution is -2.28. The fourth-order valence-electron chi connectivity index (χ4n) is 2.39. The number of nitrogens with zero attached hydrogens (tertiary/aromatic N) is 2. The van der Waals surface area contributed by atoms with Gasteiger partial charge in [-0.1, -0.05) is 0 Å². The first-order chi connectivity index (χ1) is 8.83. The maximum atomic E-state index is 11.2. The SMILES string of the molecule is CC(C)(Cc1nc(C(=O)O)c2n1CCCC2)C(=O)O. The first-order valence-corrected chi connectivity index (χ1v) is 6.38. The summed E-state index contributed by atoms with van der Waals surface area (Å²) in [6.45, 7) is 3.97. The third kappa shape index (κ3) is 2.47. The van der Waals surface area contributed by atoms with Crippen molar-refractivity contribution in [2.24, 2.45) is 5.41 Å². The number of aromatic nitrogens is 2. The van der Waals surface area contributed by atoms with Crippen LogP contribution < -0.4 is 0 Å². The second-order valence-electron chi connectivity index (χ2n) is 5.60. The maximum absolute atomic E-state index is 11.2. The van der Waals surface area contributed by atoms with Crippen LogP contribution in [0, 0.1) is 5.41 Å². The van der Waals surface area contributed by atoms with Gasteiger partial charge >= 0.3 is 11.9 Å². The van der Waals surface area contributed by atoms with Crippen LogP contribution in [0.2, 0.25) is 0 Å². The molecular weight excluding hydrogens is 248 g/mol. The van der Waals surface area contributed by atoms with Gasteiger partial charge in [-0.2, -0.15) is 0 Å². The van der Waals surface area contributed by atoms with E-state index >= 15 is 0 Å². The summed E-state index contributed by atoms with van der Waals surface area (Å²) in [5, 5.41) is 18.3. The van der Waals surface area contributed by atoms with Crippen molar-refractivity contribution in [2.45, 2.75) is 46.1 Å². The molecule has 6 nitrogen and oxygen atoms in total. The number of carbonyl (C=O) groups is 2. The van der Waals surface area contributed by atoms with Crippen LogP contribution in [0.15, 0.2) is 0 Å². The Bertz CT molecular complexity index is 531. The van der Waals surface area contributed by atoms with Crippen LogP contribution in [-0.2, 0) is 24.2 Å². The predicted octanol–water partition coefficient (Wildman–Crippen LogP) is 1.57. The normalized spacial score (nSPS) is 15.1. The molecular formula is C13H18N2O4. The molecule has 0 fully saturated rings. The number of imidazole rings is 1. The van der Waals surface area contributed by atoms with Gasteiger partial charge in [0.05, 0.1) is 11.1 Å². The lowest BCUT2D eigenvalue weighted by molar-refractivity contribution is -0.146. The minimum absolute atomic E-state index is 0.0795. The van der Waals surface area contributed by atoms with E-state index < -0.39 is 17.4 Å². The van der Waals surface area contributed by atoms with Gasteiger partial charge in [-0.3, -0.25) is 4.79 Å². The molecule has 0 aliphatic carbocycles. The first-order valence-electron chi connectivity index (χ1n) is 6.38. The van der Waals surface area contributed by atoms with Gasteiger partial charge in [0.1, 0.15) is 5.82 Å². The Kier molecular flexibility index (Phi) is 3.34. The van der Waals surface area contributed by atoms with E-state index in [0.717, 1.165) is 25.1 Å². The fourth-order valence-corrected chi connectivity index (χ4v) is 2.39. The average molecular weight is 266 g/mol. The first kappa shape index (κ1) is 13.6. The summed E-state index contributed by atoms with van der Waals surface area (Å²) in [7, 11) is 0. The zero-order chi connectivity index (χ0) is 14.2. The number of hydrogen-bond donors (Lipinski definition) is 2. The molecule has 1 aliphatic heterocycles. The van der Waals surface area contributed by atoms with Crippen molar-refractivity contribution in [3.63, 3.8) is 0 Å². The van der Waals surface area contributed by atoms with Crippen molar-refractivity contribution in [3.05, 3.63) is 17.2 Å². The van der Waals surface area contributed by atoms with E-state index in [1.54, 1.807) is 13.8 Å². The highest BCUT2D eigenvalue weighted by Crippen LogP contribution is 2.27. The molecule has 0 bridgehead atoms. The van der Waals surface area contributed by atoms with Crippen molar-refractivity contribution >= 4 is 11.9 Å². The highest BCUT2D eigenvalue weighted by atomic mass is 16.4. The van der Waals surface area contributed by atoms with Crippen molar-refractivity contribution in [1.82, 2.24) is 9.55 Å². The van der Waals surface area contributed by atoms with Crippen molar-refractivity contribution in [1.29, 1.82) is 0 Å². The Morgan fingerprint density at radius 3 is 2.58 bits per heavy atom. The van der Waals surface area contributed by atoms with Gasteiger partial charge in [0.25, 0.3) is 0 Å². The van der Waals surface area contributed by atoms with E-state index in [4.69, 9.17) is 10.2 Å². The Morgan fingerprint density at radius 2 is 2.00 bits per heavy atom.